The first kappa shape index (κ1) is 8.96. The summed E-state index contributed by atoms with van der Waals surface area (Å²) in [5, 5.41) is 7.49. The van der Waals surface area contributed by atoms with E-state index in [9.17, 15) is 4.79 Å². The Bertz CT molecular complexity index is 494. The number of aromatic nitrogens is 3. The van der Waals surface area contributed by atoms with Gasteiger partial charge in [-0.15, -0.1) is 0 Å². The number of methoxy groups -OCH3 is 1. The maximum Gasteiger partial charge on any atom is 0.356 e. The van der Waals surface area contributed by atoms with Crippen LogP contribution in [0.25, 0.3) is 11.0 Å². The first-order valence-electron chi connectivity index (χ1n) is 3.80. The van der Waals surface area contributed by atoms with Crippen molar-refractivity contribution in [1.29, 1.82) is 0 Å². The molecule has 2 rings (SSSR count). The average Bonchev–Trinajstić information content (AvgIpc) is 2.64. The zero-order chi connectivity index (χ0) is 10.1. The average molecular weight is 212 g/mol. The highest BCUT2D eigenvalue weighted by Gasteiger charge is 2.11. The van der Waals surface area contributed by atoms with Gasteiger partial charge in [-0.25, -0.2) is 9.78 Å². The third-order valence-electron chi connectivity index (χ3n) is 1.77. The van der Waals surface area contributed by atoms with Crippen LogP contribution in [-0.4, -0.2) is 28.3 Å². The highest BCUT2D eigenvalue weighted by molar-refractivity contribution is 6.35. The molecule has 2 aromatic heterocycles. The number of halogens is 1. The molecule has 6 heteroatoms. The van der Waals surface area contributed by atoms with Crippen molar-refractivity contribution < 1.29 is 9.53 Å². The van der Waals surface area contributed by atoms with Crippen LogP contribution < -0.4 is 0 Å². The lowest BCUT2D eigenvalue weighted by atomic mass is 10.3. The van der Waals surface area contributed by atoms with Gasteiger partial charge in [0.25, 0.3) is 0 Å². The fourth-order valence-electron chi connectivity index (χ4n) is 1.10. The van der Waals surface area contributed by atoms with E-state index >= 15 is 0 Å². The number of ether oxygens (including phenoxy) is 1. The first-order chi connectivity index (χ1) is 6.72. The molecule has 0 radical (unpaired) electrons. The Kier molecular flexibility index (Phi) is 2.09. The molecule has 2 heterocycles. The minimum atomic E-state index is -0.525. The second-order valence-corrected chi connectivity index (χ2v) is 3.02. The summed E-state index contributed by atoms with van der Waals surface area (Å²) >= 11 is 5.90. The van der Waals surface area contributed by atoms with E-state index < -0.39 is 5.97 Å². The van der Waals surface area contributed by atoms with Crippen LogP contribution in [0.15, 0.2) is 12.3 Å². The molecule has 0 spiro atoms. The molecule has 0 atom stereocenters. The number of carbonyl (C=O) groups excluding carboxylic acids is 1. The smallest absolute Gasteiger partial charge is 0.356 e. The molecule has 0 saturated carbocycles. The molecular formula is C8H6ClN3O2. The van der Waals surface area contributed by atoms with E-state index in [2.05, 4.69) is 19.9 Å². The minimum Gasteiger partial charge on any atom is -0.464 e. The fourth-order valence-corrected chi connectivity index (χ4v) is 1.34. The molecule has 0 saturated heterocycles. The van der Waals surface area contributed by atoms with Crippen LogP contribution in [0.1, 0.15) is 10.5 Å². The lowest BCUT2D eigenvalue weighted by molar-refractivity contribution is 0.0594. The van der Waals surface area contributed by atoms with Crippen molar-refractivity contribution in [2.24, 2.45) is 0 Å². The number of hydrogen-bond acceptors (Lipinski definition) is 4. The predicted octanol–water partition coefficient (Wildman–Crippen LogP) is 1.40. The molecule has 0 unspecified atom stereocenters. The molecule has 0 fully saturated rings. The summed E-state index contributed by atoms with van der Waals surface area (Å²) in [6.45, 7) is 0. The van der Waals surface area contributed by atoms with Crippen molar-refractivity contribution in [2.75, 3.05) is 7.11 Å². The lowest BCUT2D eigenvalue weighted by Crippen LogP contribution is -2.04. The molecule has 0 amide bonds. The Morgan fingerprint density at radius 3 is 3.14 bits per heavy atom. The topological polar surface area (TPSA) is 67.9 Å². The molecule has 0 bridgehead atoms. The van der Waals surface area contributed by atoms with E-state index in [1.807, 2.05) is 0 Å². The number of carbonyl (C=O) groups is 1. The first-order valence-corrected chi connectivity index (χ1v) is 4.18. The van der Waals surface area contributed by atoms with Crippen LogP contribution in [0.5, 0.6) is 0 Å². The third kappa shape index (κ3) is 1.31. The highest BCUT2D eigenvalue weighted by atomic mass is 35.5. The molecular weight excluding hydrogens is 206 g/mol. The van der Waals surface area contributed by atoms with Gasteiger partial charge in [0.15, 0.2) is 11.3 Å². The Morgan fingerprint density at radius 1 is 1.64 bits per heavy atom. The summed E-state index contributed by atoms with van der Waals surface area (Å²) in [5.74, 6) is -0.525. The van der Waals surface area contributed by atoms with Gasteiger partial charge in [0.2, 0.25) is 0 Å². The van der Waals surface area contributed by atoms with Crippen LogP contribution in [-0.2, 0) is 4.74 Å². The standard InChI is InChI=1S/C8H6ClN3O2/c1-14-8(13)6-2-5(9)4-3-10-12-7(4)11-6/h2-3H,1H3,(H,10,11,12). The molecule has 0 aliphatic carbocycles. The van der Waals surface area contributed by atoms with Gasteiger partial charge in [-0.1, -0.05) is 11.6 Å². The monoisotopic (exact) mass is 211 g/mol. The number of H-pyrrole nitrogens is 1. The SMILES string of the molecule is COC(=O)c1cc(Cl)c2cn[nH]c2n1. The summed E-state index contributed by atoms with van der Waals surface area (Å²) in [5.41, 5.74) is 0.632. The predicted molar refractivity (Wildman–Crippen MR) is 50.2 cm³/mol. The molecule has 14 heavy (non-hydrogen) atoms. The van der Waals surface area contributed by atoms with E-state index in [4.69, 9.17) is 11.6 Å². The normalized spacial score (nSPS) is 10.4. The highest BCUT2D eigenvalue weighted by Crippen LogP contribution is 2.21. The zero-order valence-corrected chi connectivity index (χ0v) is 8.00. The number of fused-ring (bicyclic) bond motifs is 1. The second kappa shape index (κ2) is 3.26. The van der Waals surface area contributed by atoms with Crippen LogP contribution in [0.3, 0.4) is 0 Å². The van der Waals surface area contributed by atoms with Crippen molar-refractivity contribution in [3.05, 3.63) is 23.0 Å². The van der Waals surface area contributed by atoms with Crippen LogP contribution in [0.4, 0.5) is 0 Å². The van der Waals surface area contributed by atoms with Gasteiger partial charge < -0.3 is 4.74 Å². The molecule has 1 N–H and O–H groups in total. The number of nitrogens with one attached hydrogen (secondary N) is 1. The molecule has 2 aromatic rings. The third-order valence-corrected chi connectivity index (χ3v) is 2.08. The Balaban J connectivity index is 2.64. The van der Waals surface area contributed by atoms with Gasteiger partial charge in [-0.3, -0.25) is 5.10 Å². The summed E-state index contributed by atoms with van der Waals surface area (Å²) in [6.07, 6.45) is 1.55. The van der Waals surface area contributed by atoms with Crippen molar-refractivity contribution in [2.45, 2.75) is 0 Å². The Morgan fingerprint density at radius 2 is 2.43 bits per heavy atom. The number of aromatic amines is 1. The Hall–Kier alpha value is -1.62. The summed E-state index contributed by atoms with van der Waals surface area (Å²) in [4.78, 5) is 15.1. The van der Waals surface area contributed by atoms with Crippen LogP contribution >= 0.6 is 11.6 Å². The molecule has 0 aliphatic rings. The maximum atomic E-state index is 11.2. The van der Waals surface area contributed by atoms with Crippen molar-refractivity contribution in [1.82, 2.24) is 15.2 Å². The zero-order valence-electron chi connectivity index (χ0n) is 7.24. The van der Waals surface area contributed by atoms with E-state index in [-0.39, 0.29) is 5.69 Å². The molecule has 0 aromatic carbocycles. The maximum absolute atomic E-state index is 11.2. The van der Waals surface area contributed by atoms with Gasteiger partial charge in [-0.2, -0.15) is 5.10 Å². The van der Waals surface area contributed by atoms with Gasteiger partial charge in [0, 0.05) is 0 Å². The summed E-state index contributed by atoms with van der Waals surface area (Å²) < 4.78 is 4.52. The van der Waals surface area contributed by atoms with Crippen molar-refractivity contribution in [3.63, 3.8) is 0 Å². The minimum absolute atomic E-state index is 0.161. The van der Waals surface area contributed by atoms with Gasteiger partial charge >= 0.3 is 5.97 Å². The summed E-state index contributed by atoms with van der Waals surface area (Å²) in [7, 11) is 1.29. The number of pyridine rings is 1. The number of nitrogens with zero attached hydrogens (tertiary/aromatic N) is 2. The molecule has 72 valence electrons. The van der Waals surface area contributed by atoms with Gasteiger partial charge in [-0.05, 0) is 6.07 Å². The Labute approximate surface area is 84.0 Å². The van der Waals surface area contributed by atoms with Crippen LogP contribution in [0.2, 0.25) is 5.02 Å². The number of esters is 1. The van der Waals surface area contributed by atoms with E-state index in [1.54, 1.807) is 6.20 Å². The lowest BCUT2D eigenvalue weighted by Gasteiger charge is -1.99. The number of hydrogen-bond donors (Lipinski definition) is 1. The van der Waals surface area contributed by atoms with Crippen LogP contribution in [0, 0.1) is 0 Å². The number of rotatable bonds is 1. The fraction of sp³-hybridized carbons (Fsp3) is 0.125. The molecule has 5 nitrogen and oxygen atoms in total. The van der Waals surface area contributed by atoms with Crippen molar-refractivity contribution >= 4 is 28.6 Å². The quantitative estimate of drug-likeness (QED) is 0.724. The van der Waals surface area contributed by atoms with Gasteiger partial charge in [0.1, 0.15) is 0 Å². The van der Waals surface area contributed by atoms with Gasteiger partial charge in [0.05, 0.1) is 23.7 Å². The van der Waals surface area contributed by atoms with E-state index in [0.29, 0.717) is 16.1 Å². The van der Waals surface area contributed by atoms with E-state index in [0.717, 1.165) is 0 Å². The van der Waals surface area contributed by atoms with Crippen molar-refractivity contribution in [3.8, 4) is 0 Å². The second-order valence-electron chi connectivity index (χ2n) is 2.61. The summed E-state index contributed by atoms with van der Waals surface area (Å²) in [6, 6.07) is 1.45. The largest absolute Gasteiger partial charge is 0.464 e. The molecule has 0 aliphatic heterocycles. The van der Waals surface area contributed by atoms with E-state index in [1.165, 1.54) is 13.2 Å².